The van der Waals surface area contributed by atoms with Gasteiger partial charge in [0.2, 0.25) is 5.91 Å². The van der Waals surface area contributed by atoms with Crippen molar-refractivity contribution in [1.29, 1.82) is 0 Å². The first-order valence-electron chi connectivity index (χ1n) is 8.34. The quantitative estimate of drug-likeness (QED) is 0.794. The number of H-pyrrole nitrogens is 1. The molecule has 118 valence electrons. The van der Waals surface area contributed by atoms with E-state index in [2.05, 4.69) is 22.4 Å². The van der Waals surface area contributed by atoms with E-state index in [0.717, 1.165) is 30.3 Å². The van der Waals surface area contributed by atoms with Crippen LogP contribution < -0.4 is 11.1 Å². The average molecular weight is 299 g/mol. The van der Waals surface area contributed by atoms with Gasteiger partial charge in [0.1, 0.15) is 0 Å². The molecule has 0 aliphatic heterocycles. The molecule has 1 aliphatic carbocycles. The van der Waals surface area contributed by atoms with E-state index in [0.29, 0.717) is 19.0 Å². The van der Waals surface area contributed by atoms with Gasteiger partial charge in [-0.15, -0.1) is 0 Å². The van der Waals surface area contributed by atoms with Gasteiger partial charge in [-0.25, -0.2) is 0 Å². The van der Waals surface area contributed by atoms with E-state index in [1.165, 1.54) is 30.2 Å². The second-order valence-corrected chi connectivity index (χ2v) is 6.31. The molecular weight excluding hydrogens is 274 g/mol. The largest absolute Gasteiger partial charge is 0.361 e. The Morgan fingerprint density at radius 3 is 2.86 bits per heavy atom. The van der Waals surface area contributed by atoms with Crippen molar-refractivity contribution in [3.8, 4) is 0 Å². The van der Waals surface area contributed by atoms with Crippen molar-refractivity contribution in [2.45, 2.75) is 51.0 Å². The van der Waals surface area contributed by atoms with Gasteiger partial charge in [-0.1, -0.05) is 25.3 Å². The second-order valence-electron chi connectivity index (χ2n) is 6.31. The highest BCUT2D eigenvalue weighted by molar-refractivity contribution is 5.86. The molecule has 1 aliphatic rings. The minimum atomic E-state index is 0.141. The molecule has 1 saturated carbocycles. The molecule has 4 N–H and O–H groups in total. The average Bonchev–Trinajstić information content (AvgIpc) is 2.91. The van der Waals surface area contributed by atoms with Gasteiger partial charge >= 0.3 is 0 Å². The van der Waals surface area contributed by atoms with Crippen LogP contribution in [0.15, 0.2) is 24.4 Å². The maximum atomic E-state index is 12.2. The maximum Gasteiger partial charge on any atom is 0.224 e. The summed E-state index contributed by atoms with van der Waals surface area (Å²) in [7, 11) is 0. The van der Waals surface area contributed by atoms with Crippen molar-refractivity contribution in [2.75, 3.05) is 6.54 Å². The molecule has 0 unspecified atom stereocenters. The minimum Gasteiger partial charge on any atom is -0.361 e. The van der Waals surface area contributed by atoms with Crippen LogP contribution in [0.5, 0.6) is 0 Å². The third-order valence-electron chi connectivity index (χ3n) is 4.58. The Morgan fingerprint density at radius 1 is 1.27 bits per heavy atom. The lowest BCUT2D eigenvalue weighted by atomic mass is 9.95. The first kappa shape index (κ1) is 15.1. The smallest absolute Gasteiger partial charge is 0.224 e. The van der Waals surface area contributed by atoms with Crippen LogP contribution in [0.4, 0.5) is 0 Å². The molecule has 0 bridgehead atoms. The predicted molar refractivity (Wildman–Crippen MR) is 89.8 cm³/mol. The zero-order valence-electron chi connectivity index (χ0n) is 13.0. The number of hydrogen-bond donors (Lipinski definition) is 3. The summed E-state index contributed by atoms with van der Waals surface area (Å²) in [4.78, 5) is 15.5. The molecule has 1 amide bonds. The lowest BCUT2D eigenvalue weighted by Crippen LogP contribution is -2.37. The van der Waals surface area contributed by atoms with Gasteiger partial charge in [-0.3, -0.25) is 4.79 Å². The van der Waals surface area contributed by atoms with E-state index in [-0.39, 0.29) is 5.91 Å². The van der Waals surface area contributed by atoms with Gasteiger partial charge in [0.05, 0.1) is 6.42 Å². The number of fused-ring (bicyclic) bond motifs is 1. The van der Waals surface area contributed by atoms with Gasteiger partial charge < -0.3 is 16.0 Å². The van der Waals surface area contributed by atoms with Gasteiger partial charge in [0.25, 0.3) is 0 Å². The molecule has 0 saturated heterocycles. The number of rotatable bonds is 5. The topological polar surface area (TPSA) is 70.9 Å². The Kier molecular flexibility index (Phi) is 4.78. The molecule has 22 heavy (non-hydrogen) atoms. The van der Waals surface area contributed by atoms with Crippen molar-refractivity contribution in [1.82, 2.24) is 10.3 Å². The van der Waals surface area contributed by atoms with E-state index in [1.54, 1.807) is 0 Å². The van der Waals surface area contributed by atoms with Crippen LogP contribution in [-0.4, -0.2) is 23.5 Å². The first-order valence-corrected chi connectivity index (χ1v) is 8.34. The summed E-state index contributed by atoms with van der Waals surface area (Å²) < 4.78 is 0. The van der Waals surface area contributed by atoms with Crippen LogP contribution in [0.3, 0.4) is 0 Å². The number of carbonyl (C=O) groups is 1. The summed E-state index contributed by atoms with van der Waals surface area (Å²) in [6, 6.07) is 6.59. The minimum absolute atomic E-state index is 0.141. The van der Waals surface area contributed by atoms with E-state index < -0.39 is 0 Å². The molecule has 1 heterocycles. The number of nitrogens with two attached hydrogens (primary N) is 1. The van der Waals surface area contributed by atoms with Crippen molar-refractivity contribution in [3.63, 3.8) is 0 Å². The molecule has 0 atom stereocenters. The highest BCUT2D eigenvalue weighted by Gasteiger charge is 2.16. The number of carbonyl (C=O) groups excluding carboxylic acids is 1. The van der Waals surface area contributed by atoms with E-state index in [1.807, 2.05) is 12.3 Å². The Balaban J connectivity index is 1.67. The highest BCUT2D eigenvalue weighted by atomic mass is 16.1. The lowest BCUT2D eigenvalue weighted by molar-refractivity contribution is -0.121. The fourth-order valence-electron chi connectivity index (χ4n) is 3.41. The third kappa shape index (κ3) is 3.50. The van der Waals surface area contributed by atoms with Gasteiger partial charge in [-0.2, -0.15) is 0 Å². The fraction of sp³-hybridized carbons (Fsp3) is 0.500. The van der Waals surface area contributed by atoms with E-state index in [4.69, 9.17) is 5.73 Å². The van der Waals surface area contributed by atoms with Crippen molar-refractivity contribution >= 4 is 16.8 Å². The molecule has 0 radical (unpaired) electrons. The van der Waals surface area contributed by atoms with Gasteiger partial charge in [0, 0.05) is 23.1 Å². The fourth-order valence-corrected chi connectivity index (χ4v) is 3.41. The zero-order chi connectivity index (χ0) is 15.4. The Hall–Kier alpha value is -1.81. The number of amides is 1. The van der Waals surface area contributed by atoms with Crippen molar-refractivity contribution in [2.24, 2.45) is 5.73 Å². The highest BCUT2D eigenvalue weighted by Crippen LogP contribution is 2.21. The number of aromatic nitrogens is 1. The number of hydrogen-bond acceptors (Lipinski definition) is 2. The molecule has 1 aromatic heterocycles. The molecule has 4 heteroatoms. The monoisotopic (exact) mass is 299 g/mol. The predicted octanol–water partition coefficient (Wildman–Crippen LogP) is 2.66. The van der Waals surface area contributed by atoms with Crippen molar-refractivity contribution < 1.29 is 4.79 Å². The molecule has 3 rings (SSSR count). The molecule has 1 aromatic carbocycles. The van der Waals surface area contributed by atoms with Crippen LogP contribution in [0, 0.1) is 0 Å². The third-order valence-corrected chi connectivity index (χ3v) is 4.58. The second kappa shape index (κ2) is 6.97. The summed E-state index contributed by atoms with van der Waals surface area (Å²) in [5, 5.41) is 4.37. The normalized spacial score (nSPS) is 16.0. The molecule has 0 spiro atoms. The van der Waals surface area contributed by atoms with Gasteiger partial charge in [0.15, 0.2) is 0 Å². The number of nitrogens with one attached hydrogen (secondary N) is 2. The molecule has 4 nitrogen and oxygen atoms in total. The van der Waals surface area contributed by atoms with E-state index in [9.17, 15) is 4.79 Å². The summed E-state index contributed by atoms with van der Waals surface area (Å²) in [6.45, 7) is 0.638. The summed E-state index contributed by atoms with van der Waals surface area (Å²) >= 11 is 0. The zero-order valence-corrected chi connectivity index (χ0v) is 13.0. The first-order chi connectivity index (χ1) is 10.8. The lowest BCUT2D eigenvalue weighted by Gasteiger charge is -2.22. The number of benzene rings is 1. The Morgan fingerprint density at radius 2 is 2.09 bits per heavy atom. The number of aromatic amines is 1. The summed E-state index contributed by atoms with van der Waals surface area (Å²) in [6.07, 6.45) is 9.37. The summed E-state index contributed by atoms with van der Waals surface area (Å²) in [5.41, 5.74) is 9.06. The Bertz CT molecular complexity index is 641. The van der Waals surface area contributed by atoms with Crippen LogP contribution in [0.1, 0.15) is 43.2 Å². The molecule has 2 aromatic rings. The Labute approximate surface area is 131 Å². The summed E-state index contributed by atoms with van der Waals surface area (Å²) in [5.74, 6) is 0.141. The van der Waals surface area contributed by atoms with Crippen LogP contribution in [-0.2, 0) is 17.6 Å². The van der Waals surface area contributed by atoms with Crippen LogP contribution in [0.25, 0.3) is 10.9 Å². The van der Waals surface area contributed by atoms with E-state index >= 15 is 0 Å². The van der Waals surface area contributed by atoms with Crippen molar-refractivity contribution in [3.05, 3.63) is 35.5 Å². The van der Waals surface area contributed by atoms with Crippen LogP contribution >= 0.6 is 0 Å². The molecule has 1 fully saturated rings. The van der Waals surface area contributed by atoms with Crippen LogP contribution in [0.2, 0.25) is 0 Å². The standard InChI is InChI=1S/C18H25N3O/c19-9-8-14-12-20-17-7-6-13(10-16(14)17)11-18(22)21-15-4-2-1-3-5-15/h6-7,10,12,15,20H,1-5,8-9,11,19H2,(H,21,22). The van der Waals surface area contributed by atoms with Gasteiger partial charge in [-0.05, 0) is 49.1 Å². The molecular formula is C18H25N3O. The maximum absolute atomic E-state index is 12.2. The SMILES string of the molecule is NCCc1c[nH]c2ccc(CC(=O)NC3CCCCC3)cc12.